The number of benzene rings is 3. The maximum Gasteiger partial charge on any atom is 0.338 e. The molecule has 40 heavy (non-hydrogen) atoms. The van der Waals surface area contributed by atoms with Gasteiger partial charge in [0.05, 0.1) is 12.2 Å². The molecule has 1 atom stereocenters. The molecule has 0 bridgehead atoms. The number of fused-ring (bicyclic) bond motifs is 1. The van der Waals surface area contributed by atoms with Gasteiger partial charge in [-0.2, -0.15) is 4.98 Å². The van der Waals surface area contributed by atoms with Crippen molar-refractivity contribution < 1.29 is 18.7 Å². The first-order chi connectivity index (χ1) is 19.5. The number of esters is 1. The zero-order valence-corrected chi connectivity index (χ0v) is 23.3. The summed E-state index contributed by atoms with van der Waals surface area (Å²) in [4.78, 5) is 17.9. The van der Waals surface area contributed by atoms with Gasteiger partial charge in [-0.25, -0.2) is 13.9 Å². The lowest BCUT2D eigenvalue weighted by atomic mass is 9.96. The lowest BCUT2D eigenvalue weighted by molar-refractivity contribution is -0.139. The Hall–Kier alpha value is -4.11. The van der Waals surface area contributed by atoms with Crippen LogP contribution in [0.1, 0.15) is 49.4 Å². The molecule has 5 rings (SSSR count). The van der Waals surface area contributed by atoms with Crippen LogP contribution in [0.15, 0.2) is 95.3 Å². The van der Waals surface area contributed by atoms with Crippen molar-refractivity contribution in [1.82, 2.24) is 14.8 Å². The summed E-state index contributed by atoms with van der Waals surface area (Å²) in [6.45, 7) is 4.69. The fourth-order valence-corrected chi connectivity index (χ4v) is 5.21. The molecule has 0 fully saturated rings. The molecule has 1 aliphatic rings. The lowest BCUT2D eigenvalue weighted by Crippen LogP contribution is -2.29. The number of anilines is 1. The van der Waals surface area contributed by atoms with Crippen LogP contribution >= 0.6 is 11.8 Å². The molecule has 1 aliphatic heterocycles. The second kappa shape index (κ2) is 12.8. The monoisotopic (exact) mass is 558 g/mol. The summed E-state index contributed by atoms with van der Waals surface area (Å²) in [6.07, 6.45) is 1.71. The van der Waals surface area contributed by atoms with Crippen LogP contribution in [-0.2, 0) is 21.9 Å². The van der Waals surface area contributed by atoms with Gasteiger partial charge in [0.1, 0.15) is 24.2 Å². The highest BCUT2D eigenvalue weighted by Crippen LogP contribution is 2.37. The minimum atomic E-state index is -0.552. The van der Waals surface area contributed by atoms with Crippen LogP contribution in [0.2, 0.25) is 0 Å². The molecule has 0 aliphatic carbocycles. The molecule has 4 aromatic rings. The van der Waals surface area contributed by atoms with Crippen LogP contribution in [0.3, 0.4) is 0 Å². The zero-order valence-electron chi connectivity index (χ0n) is 22.5. The van der Waals surface area contributed by atoms with E-state index in [2.05, 4.69) is 10.3 Å². The first-order valence-corrected chi connectivity index (χ1v) is 14.3. The fourth-order valence-electron chi connectivity index (χ4n) is 4.40. The molecular weight excluding hydrogens is 527 g/mol. The van der Waals surface area contributed by atoms with Crippen LogP contribution in [0.4, 0.5) is 10.3 Å². The molecule has 2 heterocycles. The molecule has 206 valence electrons. The van der Waals surface area contributed by atoms with E-state index in [9.17, 15) is 9.18 Å². The summed E-state index contributed by atoms with van der Waals surface area (Å²) in [5.41, 5.74) is 3.62. The van der Waals surface area contributed by atoms with Crippen molar-refractivity contribution in [2.45, 2.75) is 50.2 Å². The predicted octanol–water partition coefficient (Wildman–Crippen LogP) is 6.92. The van der Waals surface area contributed by atoms with Gasteiger partial charge in [-0.05, 0) is 48.2 Å². The first-order valence-electron chi connectivity index (χ1n) is 13.3. The summed E-state index contributed by atoms with van der Waals surface area (Å²) < 4.78 is 27.5. The second-order valence-corrected chi connectivity index (χ2v) is 10.4. The smallest absolute Gasteiger partial charge is 0.338 e. The van der Waals surface area contributed by atoms with E-state index in [1.54, 1.807) is 22.9 Å². The normalized spacial score (nSPS) is 14.4. The number of carbonyl (C=O) groups excluding carboxylic acids is 1. The number of carbonyl (C=O) groups is 1. The molecule has 7 nitrogen and oxygen atoms in total. The molecule has 0 saturated carbocycles. The zero-order chi connectivity index (χ0) is 27.9. The number of ether oxygens (including phenoxy) is 2. The minimum absolute atomic E-state index is 0.265. The molecule has 3 aromatic carbocycles. The van der Waals surface area contributed by atoms with Crippen molar-refractivity contribution >= 4 is 23.7 Å². The number of unbranched alkanes of at least 4 members (excludes halogenated alkanes) is 1. The molecule has 0 saturated heterocycles. The number of allylic oxidation sites excluding steroid dienone is 1. The Morgan fingerprint density at radius 2 is 1.80 bits per heavy atom. The predicted molar refractivity (Wildman–Crippen MR) is 154 cm³/mol. The standard InChI is InChI=1S/C31H31FN4O3S/c1-3-4-18-38-29(37)27-21(2)33-30-34-31(40-20-24-12-8-9-13-26(24)32)35-36(30)28(27)23-14-16-25(17-15-23)39-19-22-10-6-5-7-11-22/h5-17,28H,3-4,18-20H2,1-2H3,(H,33,34,35). The number of thioether (sulfide) groups is 1. The SMILES string of the molecule is CCCCOC(=O)C1=C(C)Nc2nc(SCc3ccccc3F)nn2C1c1ccc(OCc2ccccc2)cc1. The Labute approximate surface area is 237 Å². The summed E-state index contributed by atoms with van der Waals surface area (Å²) in [5, 5.41) is 8.42. The highest BCUT2D eigenvalue weighted by molar-refractivity contribution is 7.98. The number of rotatable bonds is 11. The van der Waals surface area contributed by atoms with E-state index in [1.807, 2.05) is 68.4 Å². The van der Waals surface area contributed by atoms with Crippen LogP contribution in [0.5, 0.6) is 5.75 Å². The Balaban J connectivity index is 1.41. The van der Waals surface area contributed by atoms with Crippen LogP contribution in [0.25, 0.3) is 0 Å². The molecular formula is C31H31FN4O3S. The number of hydrogen-bond donors (Lipinski definition) is 1. The third-order valence-electron chi connectivity index (χ3n) is 6.54. The van der Waals surface area contributed by atoms with Crippen molar-refractivity contribution in [2.24, 2.45) is 0 Å². The molecule has 0 radical (unpaired) electrons. The van der Waals surface area contributed by atoms with Gasteiger partial charge in [0.2, 0.25) is 11.1 Å². The first kappa shape index (κ1) is 27.5. The molecule has 0 spiro atoms. The van der Waals surface area contributed by atoms with Gasteiger partial charge in [-0.3, -0.25) is 0 Å². The van der Waals surface area contributed by atoms with Gasteiger partial charge >= 0.3 is 5.97 Å². The Kier molecular flexibility index (Phi) is 8.81. The van der Waals surface area contributed by atoms with E-state index in [-0.39, 0.29) is 5.82 Å². The van der Waals surface area contributed by atoms with Gasteiger partial charge in [0, 0.05) is 11.4 Å². The molecule has 1 unspecified atom stereocenters. The van der Waals surface area contributed by atoms with Gasteiger partial charge in [-0.15, -0.1) is 5.10 Å². The average molecular weight is 559 g/mol. The summed E-state index contributed by atoms with van der Waals surface area (Å²) >= 11 is 1.34. The third kappa shape index (κ3) is 6.37. The number of halogens is 1. The molecule has 1 N–H and O–H groups in total. The highest BCUT2D eigenvalue weighted by atomic mass is 32.2. The topological polar surface area (TPSA) is 78.3 Å². The quantitative estimate of drug-likeness (QED) is 0.122. The number of hydrogen-bond acceptors (Lipinski definition) is 7. The van der Waals surface area contributed by atoms with Gasteiger partial charge in [0.15, 0.2) is 0 Å². The van der Waals surface area contributed by atoms with E-state index >= 15 is 0 Å². The maximum absolute atomic E-state index is 14.2. The highest BCUT2D eigenvalue weighted by Gasteiger charge is 2.35. The van der Waals surface area contributed by atoms with Crippen molar-refractivity contribution in [3.63, 3.8) is 0 Å². The van der Waals surface area contributed by atoms with Crippen molar-refractivity contribution in [3.8, 4) is 5.75 Å². The van der Waals surface area contributed by atoms with E-state index < -0.39 is 12.0 Å². The fraction of sp³-hybridized carbons (Fsp3) is 0.258. The van der Waals surface area contributed by atoms with Crippen molar-refractivity contribution in [2.75, 3.05) is 11.9 Å². The third-order valence-corrected chi connectivity index (χ3v) is 7.43. The second-order valence-electron chi connectivity index (χ2n) is 9.44. The number of nitrogens with one attached hydrogen (secondary N) is 1. The average Bonchev–Trinajstić information content (AvgIpc) is 3.38. The van der Waals surface area contributed by atoms with E-state index in [0.29, 0.717) is 52.7 Å². The summed E-state index contributed by atoms with van der Waals surface area (Å²) in [5.74, 6) is 0.947. The van der Waals surface area contributed by atoms with Gasteiger partial charge in [0.25, 0.3) is 0 Å². The van der Waals surface area contributed by atoms with E-state index in [0.717, 1.165) is 24.0 Å². The Morgan fingerprint density at radius 1 is 1.05 bits per heavy atom. The Morgan fingerprint density at radius 3 is 2.55 bits per heavy atom. The molecule has 9 heteroatoms. The minimum Gasteiger partial charge on any atom is -0.489 e. The van der Waals surface area contributed by atoms with Gasteiger partial charge < -0.3 is 14.8 Å². The largest absolute Gasteiger partial charge is 0.489 e. The van der Waals surface area contributed by atoms with Crippen LogP contribution in [-0.4, -0.2) is 27.3 Å². The lowest BCUT2D eigenvalue weighted by Gasteiger charge is -2.28. The summed E-state index contributed by atoms with van der Waals surface area (Å²) in [6, 6.07) is 23.7. The Bertz CT molecular complexity index is 1490. The number of aromatic nitrogens is 3. The van der Waals surface area contributed by atoms with E-state index in [4.69, 9.17) is 14.6 Å². The maximum atomic E-state index is 14.2. The summed E-state index contributed by atoms with van der Waals surface area (Å²) in [7, 11) is 0. The molecule has 0 amide bonds. The number of nitrogens with zero attached hydrogens (tertiary/aromatic N) is 3. The van der Waals surface area contributed by atoms with E-state index in [1.165, 1.54) is 17.8 Å². The molecule has 1 aromatic heterocycles. The van der Waals surface area contributed by atoms with Crippen LogP contribution in [0, 0.1) is 5.82 Å². The van der Waals surface area contributed by atoms with Crippen molar-refractivity contribution in [1.29, 1.82) is 0 Å². The van der Waals surface area contributed by atoms with Crippen LogP contribution < -0.4 is 10.1 Å². The van der Waals surface area contributed by atoms with Crippen molar-refractivity contribution in [3.05, 3.63) is 113 Å². The van der Waals surface area contributed by atoms with Gasteiger partial charge in [-0.1, -0.05) is 85.8 Å².